The number of nitrogens with one attached hydrogen (secondary N) is 2. The van der Waals surface area contributed by atoms with Crippen LogP contribution in [-0.4, -0.2) is 17.6 Å². The molecule has 1 aliphatic carbocycles. The standard InChI is InChI=1S/C22H18N2O3S/c25-20(19-9-4-12-28-19)17-7-1-2-8-18(17)22(27)24-16-6-3-5-15(13-16)23-21(26)14-10-11-14/h1-9,12-14H,10-11H2,(H,23,26)(H,24,27). The van der Waals surface area contributed by atoms with E-state index in [0.29, 0.717) is 27.4 Å². The van der Waals surface area contributed by atoms with Crippen molar-refractivity contribution in [1.29, 1.82) is 0 Å². The summed E-state index contributed by atoms with van der Waals surface area (Å²) in [5.74, 6) is -0.430. The Labute approximate surface area is 166 Å². The van der Waals surface area contributed by atoms with Crippen LogP contribution in [0.5, 0.6) is 0 Å². The van der Waals surface area contributed by atoms with Gasteiger partial charge in [-0.3, -0.25) is 14.4 Å². The molecule has 1 fully saturated rings. The van der Waals surface area contributed by atoms with Crippen LogP contribution in [0.1, 0.15) is 38.4 Å². The minimum absolute atomic E-state index is 0.00960. The maximum atomic E-state index is 12.8. The van der Waals surface area contributed by atoms with Gasteiger partial charge < -0.3 is 10.6 Å². The molecule has 1 saturated carbocycles. The fourth-order valence-electron chi connectivity index (χ4n) is 2.88. The monoisotopic (exact) mass is 390 g/mol. The maximum Gasteiger partial charge on any atom is 0.256 e. The number of anilines is 2. The number of benzene rings is 2. The molecule has 2 aromatic carbocycles. The molecular weight excluding hydrogens is 372 g/mol. The van der Waals surface area contributed by atoms with Gasteiger partial charge in [0.1, 0.15) is 0 Å². The zero-order chi connectivity index (χ0) is 19.5. The van der Waals surface area contributed by atoms with Gasteiger partial charge >= 0.3 is 0 Å². The van der Waals surface area contributed by atoms with Crippen LogP contribution in [0.2, 0.25) is 0 Å². The van der Waals surface area contributed by atoms with E-state index in [4.69, 9.17) is 0 Å². The summed E-state index contributed by atoms with van der Waals surface area (Å²) in [4.78, 5) is 38.0. The second-order valence-electron chi connectivity index (χ2n) is 6.65. The highest BCUT2D eigenvalue weighted by Crippen LogP contribution is 2.30. The van der Waals surface area contributed by atoms with Gasteiger partial charge in [0.15, 0.2) is 0 Å². The van der Waals surface area contributed by atoms with Crippen LogP contribution in [-0.2, 0) is 4.79 Å². The van der Waals surface area contributed by atoms with Gasteiger partial charge in [0, 0.05) is 22.9 Å². The van der Waals surface area contributed by atoms with Crippen molar-refractivity contribution in [3.05, 3.63) is 82.0 Å². The molecule has 0 radical (unpaired) electrons. The SMILES string of the molecule is O=C(Nc1cccc(NC(=O)C2CC2)c1)c1ccccc1C(=O)c1cccs1. The molecule has 6 heteroatoms. The average molecular weight is 390 g/mol. The van der Waals surface area contributed by atoms with Gasteiger partial charge in [-0.15, -0.1) is 11.3 Å². The van der Waals surface area contributed by atoms with Gasteiger partial charge in [0.05, 0.1) is 10.4 Å². The van der Waals surface area contributed by atoms with E-state index < -0.39 is 0 Å². The van der Waals surface area contributed by atoms with Gasteiger partial charge in [0.2, 0.25) is 11.7 Å². The molecular formula is C22H18N2O3S. The molecule has 5 nitrogen and oxygen atoms in total. The molecule has 0 saturated heterocycles. The Morgan fingerprint density at radius 1 is 0.821 bits per heavy atom. The zero-order valence-corrected chi connectivity index (χ0v) is 15.8. The first-order chi connectivity index (χ1) is 13.6. The number of ketones is 1. The highest BCUT2D eigenvalue weighted by atomic mass is 32.1. The lowest BCUT2D eigenvalue weighted by molar-refractivity contribution is -0.117. The van der Waals surface area contributed by atoms with E-state index in [9.17, 15) is 14.4 Å². The number of carbonyl (C=O) groups is 3. The van der Waals surface area contributed by atoms with Crippen molar-refractivity contribution in [3.8, 4) is 0 Å². The van der Waals surface area contributed by atoms with Gasteiger partial charge in [0.25, 0.3) is 5.91 Å². The number of rotatable bonds is 6. The molecule has 28 heavy (non-hydrogen) atoms. The quantitative estimate of drug-likeness (QED) is 0.605. The second-order valence-corrected chi connectivity index (χ2v) is 7.60. The Morgan fingerprint density at radius 2 is 1.54 bits per heavy atom. The number of carbonyl (C=O) groups excluding carboxylic acids is 3. The van der Waals surface area contributed by atoms with Gasteiger partial charge in [-0.1, -0.05) is 30.3 Å². The molecule has 2 amide bonds. The third-order valence-electron chi connectivity index (χ3n) is 4.50. The minimum Gasteiger partial charge on any atom is -0.326 e. The van der Waals surface area contributed by atoms with Crippen LogP contribution >= 0.6 is 11.3 Å². The Balaban J connectivity index is 1.53. The average Bonchev–Trinajstić information content (AvgIpc) is 3.42. The summed E-state index contributed by atoms with van der Waals surface area (Å²) >= 11 is 1.34. The summed E-state index contributed by atoms with van der Waals surface area (Å²) in [5.41, 5.74) is 1.86. The van der Waals surface area contributed by atoms with E-state index in [1.54, 1.807) is 54.6 Å². The largest absolute Gasteiger partial charge is 0.326 e. The Morgan fingerprint density at radius 3 is 2.21 bits per heavy atom. The van der Waals surface area contributed by atoms with Crippen LogP contribution in [0.3, 0.4) is 0 Å². The molecule has 0 aliphatic heterocycles. The lowest BCUT2D eigenvalue weighted by Crippen LogP contribution is -2.17. The molecule has 0 bridgehead atoms. The van der Waals surface area contributed by atoms with Crippen molar-refractivity contribution in [2.75, 3.05) is 10.6 Å². The van der Waals surface area contributed by atoms with Crippen molar-refractivity contribution in [3.63, 3.8) is 0 Å². The molecule has 140 valence electrons. The molecule has 0 unspecified atom stereocenters. The summed E-state index contributed by atoms with van der Waals surface area (Å²) in [6.07, 6.45) is 1.86. The minimum atomic E-state index is -0.369. The topological polar surface area (TPSA) is 75.3 Å². The van der Waals surface area contributed by atoms with Gasteiger partial charge in [-0.2, -0.15) is 0 Å². The third-order valence-corrected chi connectivity index (χ3v) is 5.37. The fraction of sp³-hybridized carbons (Fsp3) is 0.136. The molecule has 4 rings (SSSR count). The molecule has 3 aromatic rings. The van der Waals surface area contributed by atoms with Crippen LogP contribution in [0.15, 0.2) is 66.0 Å². The van der Waals surface area contributed by atoms with Gasteiger partial charge in [-0.05, 0) is 48.6 Å². The smallest absolute Gasteiger partial charge is 0.256 e. The first-order valence-corrected chi connectivity index (χ1v) is 9.89. The van der Waals surface area contributed by atoms with Crippen molar-refractivity contribution in [2.45, 2.75) is 12.8 Å². The summed E-state index contributed by atoms with van der Waals surface area (Å²) in [6.45, 7) is 0. The Hall–Kier alpha value is -3.25. The Bertz CT molecular complexity index is 1040. The molecule has 2 N–H and O–H groups in total. The second kappa shape index (κ2) is 7.78. The molecule has 0 atom stereocenters. The molecule has 0 spiro atoms. The van der Waals surface area contributed by atoms with Crippen molar-refractivity contribution < 1.29 is 14.4 Å². The Kier molecular flexibility index (Phi) is 5.04. The van der Waals surface area contributed by atoms with E-state index >= 15 is 0 Å². The number of thiophene rings is 1. The van der Waals surface area contributed by atoms with Crippen molar-refractivity contribution in [2.24, 2.45) is 5.92 Å². The van der Waals surface area contributed by atoms with E-state index in [-0.39, 0.29) is 23.5 Å². The lowest BCUT2D eigenvalue weighted by atomic mass is 10.0. The van der Waals surface area contributed by atoms with E-state index in [2.05, 4.69) is 10.6 Å². The van der Waals surface area contributed by atoms with E-state index in [1.807, 2.05) is 11.4 Å². The van der Waals surface area contributed by atoms with Crippen LogP contribution < -0.4 is 10.6 Å². The van der Waals surface area contributed by atoms with Crippen molar-refractivity contribution in [1.82, 2.24) is 0 Å². The summed E-state index contributed by atoms with van der Waals surface area (Å²) in [6, 6.07) is 17.3. The molecule has 1 heterocycles. The highest BCUT2D eigenvalue weighted by Gasteiger charge is 2.29. The van der Waals surface area contributed by atoms with E-state index in [0.717, 1.165) is 12.8 Å². The van der Waals surface area contributed by atoms with E-state index in [1.165, 1.54) is 11.3 Å². The summed E-state index contributed by atoms with van der Waals surface area (Å²) < 4.78 is 0. The van der Waals surface area contributed by atoms with Crippen LogP contribution in [0.25, 0.3) is 0 Å². The number of amides is 2. The summed E-state index contributed by atoms with van der Waals surface area (Å²) in [5, 5.41) is 7.51. The van der Waals surface area contributed by atoms with Crippen molar-refractivity contribution >= 4 is 40.3 Å². The van der Waals surface area contributed by atoms with Crippen LogP contribution in [0, 0.1) is 5.92 Å². The molecule has 1 aliphatic rings. The third kappa shape index (κ3) is 4.02. The first kappa shape index (κ1) is 18.1. The fourth-order valence-corrected chi connectivity index (χ4v) is 3.56. The zero-order valence-electron chi connectivity index (χ0n) is 15.0. The number of hydrogen-bond donors (Lipinski definition) is 2. The summed E-state index contributed by atoms with van der Waals surface area (Å²) in [7, 11) is 0. The lowest BCUT2D eigenvalue weighted by Gasteiger charge is -2.11. The highest BCUT2D eigenvalue weighted by molar-refractivity contribution is 7.12. The first-order valence-electron chi connectivity index (χ1n) is 9.01. The molecule has 1 aromatic heterocycles. The number of hydrogen-bond acceptors (Lipinski definition) is 4. The maximum absolute atomic E-state index is 12.8. The van der Waals surface area contributed by atoms with Gasteiger partial charge in [-0.25, -0.2) is 0 Å². The predicted molar refractivity (Wildman–Crippen MR) is 110 cm³/mol. The predicted octanol–water partition coefficient (Wildman–Crippen LogP) is 4.58. The van der Waals surface area contributed by atoms with Crippen LogP contribution in [0.4, 0.5) is 11.4 Å². The normalized spacial score (nSPS) is 13.0.